The highest BCUT2D eigenvalue weighted by Crippen LogP contribution is 2.65. The van der Waals surface area contributed by atoms with Crippen molar-refractivity contribution in [1.29, 1.82) is 0 Å². The predicted molar refractivity (Wildman–Crippen MR) is 158 cm³/mol. The number of carbonyl (C=O) groups excluding carboxylic acids is 3. The van der Waals surface area contributed by atoms with Gasteiger partial charge in [0.15, 0.2) is 0 Å². The monoisotopic (exact) mass is 566 g/mol. The summed E-state index contributed by atoms with van der Waals surface area (Å²) in [5, 5.41) is 10.4. The first kappa shape index (κ1) is 31.0. The number of fused-ring (bicyclic) bond motifs is 1. The molecule has 2 amide bonds. The Balaban J connectivity index is 1.79. The number of para-hydroxylation sites is 1. The van der Waals surface area contributed by atoms with Gasteiger partial charge >= 0.3 is 5.97 Å². The Hall–Kier alpha value is -2.97. The van der Waals surface area contributed by atoms with Gasteiger partial charge in [-0.15, -0.1) is 13.2 Å². The molecule has 3 aliphatic heterocycles. The zero-order valence-electron chi connectivity index (χ0n) is 25.1. The maximum Gasteiger partial charge on any atom is 0.312 e. The van der Waals surface area contributed by atoms with E-state index in [2.05, 4.69) is 13.2 Å². The van der Waals surface area contributed by atoms with Crippen LogP contribution in [0.1, 0.15) is 69.9 Å². The highest BCUT2D eigenvalue weighted by molar-refractivity contribution is 6.05. The highest BCUT2D eigenvalue weighted by Gasteiger charge is 2.79. The number of esters is 1. The first-order valence-electron chi connectivity index (χ1n) is 15.1. The molecular weight excluding hydrogens is 520 g/mol. The second-order valence-corrected chi connectivity index (χ2v) is 11.8. The van der Waals surface area contributed by atoms with Crippen LogP contribution in [0.15, 0.2) is 43.5 Å². The number of ether oxygens (including phenoxy) is 2. The van der Waals surface area contributed by atoms with Gasteiger partial charge in [-0.2, -0.15) is 0 Å². The molecular formula is C33H46N2O6. The molecule has 3 fully saturated rings. The molecule has 1 spiro atoms. The van der Waals surface area contributed by atoms with Crippen molar-refractivity contribution in [1.82, 2.24) is 4.90 Å². The number of unbranched alkanes of at least 4 members (excludes halogenated alkanes) is 2. The lowest BCUT2D eigenvalue weighted by Crippen LogP contribution is -2.59. The molecule has 0 radical (unpaired) electrons. The Bertz CT molecular complexity index is 1160. The first-order chi connectivity index (χ1) is 19.7. The molecule has 1 N–H and O–H groups in total. The molecule has 41 heavy (non-hydrogen) atoms. The summed E-state index contributed by atoms with van der Waals surface area (Å²) in [6.45, 7) is 15.6. The molecule has 0 aromatic heterocycles. The summed E-state index contributed by atoms with van der Waals surface area (Å²) in [7, 11) is 0. The van der Waals surface area contributed by atoms with E-state index < -0.39 is 41.1 Å². The van der Waals surface area contributed by atoms with E-state index in [4.69, 9.17) is 9.47 Å². The van der Waals surface area contributed by atoms with Crippen molar-refractivity contribution in [2.75, 3.05) is 24.7 Å². The van der Waals surface area contributed by atoms with Gasteiger partial charge in [0.05, 0.1) is 30.8 Å². The van der Waals surface area contributed by atoms with E-state index in [1.54, 1.807) is 11.0 Å². The van der Waals surface area contributed by atoms with Crippen molar-refractivity contribution in [2.24, 2.45) is 11.8 Å². The van der Waals surface area contributed by atoms with Crippen LogP contribution in [-0.2, 0) is 23.9 Å². The summed E-state index contributed by atoms with van der Waals surface area (Å²) in [6.07, 6.45) is 7.94. The fourth-order valence-corrected chi connectivity index (χ4v) is 7.55. The van der Waals surface area contributed by atoms with Crippen LogP contribution in [0.5, 0.6) is 0 Å². The Labute approximate surface area is 244 Å². The first-order valence-corrected chi connectivity index (χ1v) is 15.1. The highest BCUT2D eigenvalue weighted by atomic mass is 16.6. The van der Waals surface area contributed by atoms with Gasteiger partial charge in [-0.1, -0.05) is 44.2 Å². The fraction of sp³-hybridized carbons (Fsp3) is 0.606. The van der Waals surface area contributed by atoms with Gasteiger partial charge in [0.1, 0.15) is 17.6 Å². The van der Waals surface area contributed by atoms with Crippen molar-refractivity contribution in [3.63, 3.8) is 0 Å². The summed E-state index contributed by atoms with van der Waals surface area (Å²) >= 11 is 0. The van der Waals surface area contributed by atoms with Gasteiger partial charge in [0, 0.05) is 12.2 Å². The number of likely N-dealkylation sites (tertiary alicyclic amines) is 1. The number of allylic oxidation sites excluding steroid dienone is 1. The molecule has 224 valence electrons. The fourth-order valence-electron chi connectivity index (χ4n) is 7.55. The molecule has 3 aliphatic rings. The maximum atomic E-state index is 14.8. The second-order valence-electron chi connectivity index (χ2n) is 11.8. The van der Waals surface area contributed by atoms with E-state index in [-0.39, 0.29) is 31.6 Å². The third-order valence-electron chi connectivity index (χ3n) is 9.52. The average Bonchev–Trinajstić information content (AvgIpc) is 3.56. The number of anilines is 1. The molecule has 8 nitrogen and oxygen atoms in total. The van der Waals surface area contributed by atoms with Gasteiger partial charge in [-0.05, 0) is 69.9 Å². The van der Waals surface area contributed by atoms with Crippen LogP contribution in [0.4, 0.5) is 5.69 Å². The van der Waals surface area contributed by atoms with Crippen LogP contribution in [-0.4, -0.2) is 70.8 Å². The van der Waals surface area contributed by atoms with Crippen LogP contribution in [0.2, 0.25) is 0 Å². The third-order valence-corrected chi connectivity index (χ3v) is 9.52. The standard InChI is InChI=1S/C33H46N2O6/c1-7-11-12-13-20-40-31(39)26-25-29(37)35(24(9-3)21-36)28(33(25)18-17-32(26,10-4)41-33)30(38)34(19-8-2)27-22(5)15-14-16-23(27)6/h7-8,14-16,24-26,28,36H,1-2,9-13,17-21H2,3-6H3/t24-,25-,26-,28?,32+,33?/m0/s1. The Morgan fingerprint density at radius 1 is 1.20 bits per heavy atom. The molecule has 3 saturated heterocycles. The van der Waals surface area contributed by atoms with Crippen LogP contribution in [0, 0.1) is 25.7 Å². The van der Waals surface area contributed by atoms with E-state index in [0.717, 1.165) is 29.7 Å². The van der Waals surface area contributed by atoms with Gasteiger partial charge in [0.25, 0.3) is 5.91 Å². The minimum absolute atomic E-state index is 0.245. The maximum absolute atomic E-state index is 14.8. The summed E-state index contributed by atoms with van der Waals surface area (Å²) in [6, 6.07) is 4.28. The lowest BCUT2D eigenvalue weighted by atomic mass is 9.65. The number of hydrogen-bond acceptors (Lipinski definition) is 6. The van der Waals surface area contributed by atoms with E-state index in [1.165, 1.54) is 4.90 Å². The molecule has 6 atom stereocenters. The van der Waals surface area contributed by atoms with Crippen molar-refractivity contribution in [2.45, 2.75) is 95.9 Å². The number of benzene rings is 1. The molecule has 3 heterocycles. The normalized spacial score (nSPS) is 28.9. The second kappa shape index (κ2) is 12.5. The zero-order valence-corrected chi connectivity index (χ0v) is 25.1. The third kappa shape index (κ3) is 5.03. The topological polar surface area (TPSA) is 96.4 Å². The van der Waals surface area contributed by atoms with Crippen molar-refractivity contribution in [3.8, 4) is 0 Å². The van der Waals surface area contributed by atoms with Gasteiger partial charge in [0.2, 0.25) is 5.91 Å². The van der Waals surface area contributed by atoms with E-state index >= 15 is 0 Å². The molecule has 1 aromatic carbocycles. The summed E-state index contributed by atoms with van der Waals surface area (Å²) < 4.78 is 12.6. The zero-order chi connectivity index (χ0) is 29.9. The van der Waals surface area contributed by atoms with Crippen LogP contribution >= 0.6 is 0 Å². The number of nitrogens with zero attached hydrogens (tertiary/aromatic N) is 2. The minimum Gasteiger partial charge on any atom is -0.465 e. The molecule has 2 bridgehead atoms. The number of aryl methyl sites for hydroxylation is 2. The van der Waals surface area contributed by atoms with Crippen LogP contribution in [0.3, 0.4) is 0 Å². The number of hydrogen-bond donors (Lipinski definition) is 1. The molecule has 8 heteroatoms. The van der Waals surface area contributed by atoms with Crippen molar-refractivity contribution in [3.05, 3.63) is 54.6 Å². The van der Waals surface area contributed by atoms with Gasteiger partial charge in [-0.25, -0.2) is 0 Å². The molecule has 0 aliphatic carbocycles. The van der Waals surface area contributed by atoms with Gasteiger partial charge < -0.3 is 24.4 Å². The number of carbonyl (C=O) groups is 3. The molecule has 2 unspecified atom stereocenters. The smallest absolute Gasteiger partial charge is 0.312 e. The number of aliphatic hydroxyl groups excluding tert-OH is 1. The summed E-state index contributed by atoms with van der Waals surface area (Å²) in [4.78, 5) is 46.1. The number of amides is 2. The SMILES string of the molecule is C=CCCCCOC(=O)[C@@H]1[C@H]2C(=O)N([C@@H](CC)CO)C(C(=O)N(CC=C)c3c(C)cccc3C)C23CC[C@@]1(CC)O3. The largest absolute Gasteiger partial charge is 0.465 e. The lowest BCUT2D eigenvalue weighted by molar-refractivity contribution is -0.162. The van der Waals surface area contributed by atoms with Crippen molar-refractivity contribution < 1.29 is 29.0 Å². The van der Waals surface area contributed by atoms with E-state index in [1.807, 2.05) is 52.0 Å². The molecule has 4 rings (SSSR count). The summed E-state index contributed by atoms with van der Waals surface area (Å²) in [5.41, 5.74) is 0.578. The number of aliphatic hydroxyl groups is 1. The average molecular weight is 567 g/mol. The minimum atomic E-state index is -1.19. The molecule has 0 saturated carbocycles. The quantitative estimate of drug-likeness (QED) is 0.200. The molecule has 1 aromatic rings. The van der Waals surface area contributed by atoms with Crippen molar-refractivity contribution >= 4 is 23.5 Å². The number of rotatable bonds is 14. The predicted octanol–water partition coefficient (Wildman–Crippen LogP) is 4.65. The Kier molecular flexibility index (Phi) is 9.44. The van der Waals surface area contributed by atoms with E-state index in [0.29, 0.717) is 32.1 Å². The van der Waals surface area contributed by atoms with Crippen LogP contribution < -0.4 is 4.90 Å². The van der Waals surface area contributed by atoms with Crippen LogP contribution in [0.25, 0.3) is 0 Å². The van der Waals surface area contributed by atoms with E-state index in [9.17, 15) is 19.5 Å². The lowest BCUT2D eigenvalue weighted by Gasteiger charge is -2.40. The Morgan fingerprint density at radius 3 is 2.49 bits per heavy atom. The van der Waals surface area contributed by atoms with Gasteiger partial charge in [-0.3, -0.25) is 14.4 Å². The Morgan fingerprint density at radius 2 is 1.90 bits per heavy atom. The summed E-state index contributed by atoms with van der Waals surface area (Å²) in [5.74, 6) is -2.69.